The van der Waals surface area contributed by atoms with Crippen LogP contribution in [0, 0.1) is 0 Å². The molecule has 0 fully saturated rings. The van der Waals surface area contributed by atoms with Crippen LogP contribution in [0.4, 0.5) is 5.69 Å². The lowest BCUT2D eigenvalue weighted by atomic mass is 10.2. The highest BCUT2D eigenvalue weighted by Gasteiger charge is 2.12. The quantitative estimate of drug-likeness (QED) is 0.720. The zero-order chi connectivity index (χ0) is 18.4. The van der Waals surface area contributed by atoms with Crippen molar-refractivity contribution in [1.29, 1.82) is 0 Å². The van der Waals surface area contributed by atoms with Gasteiger partial charge in [0.05, 0.1) is 0 Å². The number of nitrogens with zero attached hydrogens (tertiary/aromatic N) is 1. The molecular formula is C20H16ClN3O2. The Bertz CT molecular complexity index is 912. The van der Waals surface area contributed by atoms with Crippen LogP contribution in [0.5, 0.6) is 0 Å². The van der Waals surface area contributed by atoms with E-state index in [0.29, 0.717) is 17.3 Å². The van der Waals surface area contributed by atoms with Crippen LogP contribution in [0.3, 0.4) is 0 Å². The molecule has 0 unspecified atom stereocenters. The Morgan fingerprint density at radius 1 is 0.808 bits per heavy atom. The summed E-state index contributed by atoms with van der Waals surface area (Å²) in [4.78, 5) is 28.7. The average molecular weight is 366 g/mol. The number of amides is 2. The average Bonchev–Trinajstić information content (AvgIpc) is 2.69. The first kappa shape index (κ1) is 17.6. The Hall–Kier alpha value is -3.18. The van der Waals surface area contributed by atoms with Crippen LogP contribution >= 0.6 is 11.6 Å². The van der Waals surface area contributed by atoms with Gasteiger partial charge >= 0.3 is 0 Å². The van der Waals surface area contributed by atoms with E-state index >= 15 is 0 Å². The van der Waals surface area contributed by atoms with Gasteiger partial charge in [0.2, 0.25) is 0 Å². The summed E-state index contributed by atoms with van der Waals surface area (Å²) in [6.07, 6.45) is 0. The fourth-order valence-electron chi connectivity index (χ4n) is 2.28. The third-order valence-electron chi connectivity index (χ3n) is 3.61. The lowest BCUT2D eigenvalue weighted by Crippen LogP contribution is -2.25. The predicted octanol–water partition coefficient (Wildman–Crippen LogP) is 3.92. The maximum atomic E-state index is 12.3. The van der Waals surface area contributed by atoms with E-state index in [1.165, 1.54) is 0 Å². The number of hydrogen-bond donors (Lipinski definition) is 2. The summed E-state index contributed by atoms with van der Waals surface area (Å²) in [7, 11) is 0. The van der Waals surface area contributed by atoms with Crippen LogP contribution in [-0.4, -0.2) is 16.8 Å². The van der Waals surface area contributed by atoms with Gasteiger partial charge in [-0.2, -0.15) is 0 Å². The van der Waals surface area contributed by atoms with E-state index in [1.807, 2.05) is 30.3 Å². The molecule has 2 N–H and O–H groups in total. The molecule has 2 amide bonds. The number of aromatic nitrogens is 1. The molecule has 1 heterocycles. The molecule has 5 nitrogen and oxygen atoms in total. The van der Waals surface area contributed by atoms with Gasteiger partial charge in [-0.1, -0.05) is 48.0 Å². The van der Waals surface area contributed by atoms with Gasteiger partial charge in [0, 0.05) is 17.3 Å². The Morgan fingerprint density at radius 2 is 1.46 bits per heavy atom. The van der Waals surface area contributed by atoms with Crippen LogP contribution in [0.15, 0.2) is 72.8 Å². The molecule has 26 heavy (non-hydrogen) atoms. The summed E-state index contributed by atoms with van der Waals surface area (Å²) in [6, 6.07) is 21.1. The number of anilines is 1. The van der Waals surface area contributed by atoms with Crippen LogP contribution in [0.25, 0.3) is 0 Å². The smallest absolute Gasteiger partial charge is 0.274 e. The summed E-state index contributed by atoms with van der Waals surface area (Å²) >= 11 is 5.83. The number of pyridine rings is 1. The Kier molecular flexibility index (Phi) is 5.61. The molecule has 0 spiro atoms. The minimum atomic E-state index is -0.398. The molecule has 0 aliphatic rings. The normalized spacial score (nSPS) is 10.2. The monoisotopic (exact) mass is 365 g/mol. The minimum absolute atomic E-state index is 0.160. The summed E-state index contributed by atoms with van der Waals surface area (Å²) < 4.78 is 0. The molecule has 0 bridgehead atoms. The van der Waals surface area contributed by atoms with Gasteiger partial charge < -0.3 is 10.6 Å². The lowest BCUT2D eigenvalue weighted by Gasteiger charge is -2.07. The zero-order valence-electron chi connectivity index (χ0n) is 13.8. The molecule has 0 atom stereocenters. The SMILES string of the molecule is O=C(NCc1ccccc1)c1cccc(C(=O)Nc2ccc(Cl)cc2)n1. The van der Waals surface area contributed by atoms with Crippen LogP contribution in [0.1, 0.15) is 26.5 Å². The van der Waals surface area contributed by atoms with Crippen molar-refractivity contribution < 1.29 is 9.59 Å². The maximum Gasteiger partial charge on any atom is 0.274 e. The molecule has 0 saturated heterocycles. The fraction of sp³-hybridized carbons (Fsp3) is 0.0500. The van der Waals surface area contributed by atoms with E-state index in [2.05, 4.69) is 15.6 Å². The van der Waals surface area contributed by atoms with Crippen molar-refractivity contribution in [2.75, 3.05) is 5.32 Å². The van der Waals surface area contributed by atoms with Crippen LogP contribution in [-0.2, 0) is 6.54 Å². The van der Waals surface area contributed by atoms with E-state index in [-0.39, 0.29) is 17.3 Å². The third-order valence-corrected chi connectivity index (χ3v) is 3.86. The molecule has 6 heteroatoms. The number of hydrogen-bond acceptors (Lipinski definition) is 3. The van der Waals surface area contributed by atoms with Crippen LogP contribution < -0.4 is 10.6 Å². The van der Waals surface area contributed by atoms with Gasteiger partial charge in [-0.3, -0.25) is 9.59 Å². The maximum absolute atomic E-state index is 12.3. The number of benzene rings is 2. The number of carbonyl (C=O) groups is 2. The standard InChI is InChI=1S/C20H16ClN3O2/c21-15-9-11-16(12-10-15)23-20(26)18-8-4-7-17(24-18)19(25)22-13-14-5-2-1-3-6-14/h1-12H,13H2,(H,22,25)(H,23,26). The molecule has 2 aromatic carbocycles. The molecule has 0 radical (unpaired) electrons. The summed E-state index contributed by atoms with van der Waals surface area (Å²) in [5, 5.41) is 6.09. The first-order valence-electron chi connectivity index (χ1n) is 7.98. The number of nitrogens with one attached hydrogen (secondary N) is 2. The Morgan fingerprint density at radius 3 is 2.15 bits per heavy atom. The van der Waals surface area contributed by atoms with Crippen molar-refractivity contribution in [1.82, 2.24) is 10.3 Å². The van der Waals surface area contributed by atoms with Crippen molar-refractivity contribution in [3.8, 4) is 0 Å². The van der Waals surface area contributed by atoms with Gasteiger partial charge in [0.15, 0.2) is 0 Å². The van der Waals surface area contributed by atoms with Gasteiger partial charge in [-0.15, -0.1) is 0 Å². The largest absolute Gasteiger partial charge is 0.347 e. The van der Waals surface area contributed by atoms with Crippen molar-refractivity contribution in [3.63, 3.8) is 0 Å². The molecule has 0 saturated carbocycles. The van der Waals surface area contributed by atoms with Crippen molar-refractivity contribution in [2.24, 2.45) is 0 Å². The number of rotatable bonds is 5. The first-order valence-corrected chi connectivity index (χ1v) is 8.36. The second-order valence-corrected chi connectivity index (χ2v) is 5.97. The third kappa shape index (κ3) is 4.68. The molecule has 3 rings (SSSR count). The fourth-order valence-corrected chi connectivity index (χ4v) is 2.41. The van der Waals surface area contributed by atoms with Crippen molar-refractivity contribution >= 4 is 29.1 Å². The van der Waals surface area contributed by atoms with E-state index in [9.17, 15) is 9.59 Å². The predicted molar refractivity (Wildman–Crippen MR) is 101 cm³/mol. The number of halogens is 1. The van der Waals surface area contributed by atoms with Gasteiger partial charge in [-0.05, 0) is 42.0 Å². The Balaban J connectivity index is 1.66. The highest BCUT2D eigenvalue weighted by Crippen LogP contribution is 2.14. The van der Waals surface area contributed by atoms with Gasteiger partial charge in [0.25, 0.3) is 11.8 Å². The highest BCUT2D eigenvalue weighted by molar-refractivity contribution is 6.30. The molecule has 0 aliphatic heterocycles. The summed E-state index contributed by atoms with van der Waals surface area (Å²) in [6.45, 7) is 0.391. The zero-order valence-corrected chi connectivity index (χ0v) is 14.5. The minimum Gasteiger partial charge on any atom is -0.347 e. The second-order valence-electron chi connectivity index (χ2n) is 5.54. The first-order chi connectivity index (χ1) is 12.6. The molecule has 130 valence electrons. The molecule has 3 aromatic rings. The summed E-state index contributed by atoms with van der Waals surface area (Å²) in [5.74, 6) is -0.736. The van der Waals surface area contributed by atoms with E-state index < -0.39 is 5.91 Å². The van der Waals surface area contributed by atoms with E-state index in [4.69, 9.17) is 11.6 Å². The topological polar surface area (TPSA) is 71.1 Å². The van der Waals surface area contributed by atoms with Crippen molar-refractivity contribution in [3.05, 3.63) is 94.8 Å². The van der Waals surface area contributed by atoms with Gasteiger partial charge in [-0.25, -0.2) is 4.98 Å². The van der Waals surface area contributed by atoms with E-state index in [1.54, 1.807) is 42.5 Å². The summed E-state index contributed by atoms with van der Waals surface area (Å²) in [5.41, 5.74) is 1.93. The van der Waals surface area contributed by atoms with Gasteiger partial charge in [0.1, 0.15) is 11.4 Å². The molecular weight excluding hydrogens is 350 g/mol. The highest BCUT2D eigenvalue weighted by atomic mass is 35.5. The van der Waals surface area contributed by atoms with E-state index in [0.717, 1.165) is 5.56 Å². The Labute approximate surface area is 156 Å². The lowest BCUT2D eigenvalue weighted by molar-refractivity contribution is 0.0945. The molecule has 1 aromatic heterocycles. The van der Waals surface area contributed by atoms with Crippen molar-refractivity contribution in [2.45, 2.75) is 6.54 Å². The molecule has 0 aliphatic carbocycles. The number of carbonyl (C=O) groups excluding carboxylic acids is 2. The second kappa shape index (κ2) is 8.27. The van der Waals surface area contributed by atoms with Crippen LogP contribution in [0.2, 0.25) is 5.02 Å².